The number of aliphatic carboxylic acids is 1. The summed E-state index contributed by atoms with van der Waals surface area (Å²) in [6.07, 6.45) is 3.77. The lowest BCUT2D eigenvalue weighted by Crippen LogP contribution is -2.44. The van der Waals surface area contributed by atoms with Gasteiger partial charge in [-0.1, -0.05) is 23.7 Å². The number of halogens is 1. The van der Waals surface area contributed by atoms with Crippen LogP contribution in [0.15, 0.2) is 18.2 Å². The van der Waals surface area contributed by atoms with Gasteiger partial charge < -0.3 is 15.1 Å². The molecule has 0 atom stereocenters. The van der Waals surface area contributed by atoms with Crippen molar-refractivity contribution in [3.63, 3.8) is 0 Å². The van der Waals surface area contributed by atoms with Crippen LogP contribution in [0.2, 0.25) is 5.02 Å². The van der Waals surface area contributed by atoms with Crippen molar-refractivity contribution in [3.8, 4) is 0 Å². The summed E-state index contributed by atoms with van der Waals surface area (Å²) in [6, 6.07) is 5.64. The second kappa shape index (κ2) is 8.84. The predicted molar refractivity (Wildman–Crippen MR) is 100.0 cm³/mol. The molecule has 1 amide bonds. The SMILES string of the molecule is CN(C)C=O.O=C(O)C1CC(O)(c2ccc(CN3CCCC3)c(Cl)c2)C1. The van der Waals surface area contributed by atoms with Crippen LogP contribution in [-0.2, 0) is 21.7 Å². The normalized spacial score (nSPS) is 25.0. The van der Waals surface area contributed by atoms with Gasteiger partial charge in [0.05, 0.1) is 11.5 Å². The van der Waals surface area contributed by atoms with Crippen LogP contribution in [0.5, 0.6) is 0 Å². The Balaban J connectivity index is 0.000000431. The van der Waals surface area contributed by atoms with Gasteiger partial charge in [0.1, 0.15) is 0 Å². The van der Waals surface area contributed by atoms with E-state index in [2.05, 4.69) is 4.90 Å². The molecule has 2 fully saturated rings. The summed E-state index contributed by atoms with van der Waals surface area (Å²) in [4.78, 5) is 24.1. The Bertz CT molecular complexity index is 638. The van der Waals surface area contributed by atoms with Gasteiger partial charge in [-0.25, -0.2) is 0 Å². The van der Waals surface area contributed by atoms with Crippen LogP contribution in [0, 0.1) is 5.92 Å². The number of rotatable bonds is 5. The number of aliphatic hydroxyl groups is 1. The number of nitrogens with zero attached hydrogens (tertiary/aromatic N) is 2. The molecule has 1 saturated heterocycles. The van der Waals surface area contributed by atoms with Crippen LogP contribution in [0.1, 0.15) is 36.8 Å². The van der Waals surface area contributed by atoms with Gasteiger partial charge in [-0.3, -0.25) is 14.5 Å². The van der Waals surface area contributed by atoms with Crippen molar-refractivity contribution in [3.05, 3.63) is 34.3 Å². The average Bonchev–Trinajstić information content (AvgIpc) is 3.07. The molecule has 1 saturated carbocycles. The molecule has 2 N–H and O–H groups in total. The highest BCUT2D eigenvalue weighted by Crippen LogP contribution is 2.46. The van der Waals surface area contributed by atoms with Crippen molar-refractivity contribution in [2.75, 3.05) is 27.2 Å². The molecule has 3 rings (SSSR count). The highest BCUT2D eigenvalue weighted by molar-refractivity contribution is 6.31. The van der Waals surface area contributed by atoms with E-state index in [4.69, 9.17) is 16.7 Å². The fourth-order valence-corrected chi connectivity index (χ4v) is 3.55. The number of likely N-dealkylation sites (tertiary alicyclic amines) is 1. The monoisotopic (exact) mass is 382 g/mol. The maximum atomic E-state index is 10.9. The zero-order valence-electron chi connectivity index (χ0n) is 15.3. The Kier molecular flexibility index (Phi) is 7.03. The molecule has 1 heterocycles. The highest BCUT2D eigenvalue weighted by atomic mass is 35.5. The molecule has 0 radical (unpaired) electrons. The minimum absolute atomic E-state index is 0.268. The zero-order valence-corrected chi connectivity index (χ0v) is 16.1. The smallest absolute Gasteiger partial charge is 0.306 e. The summed E-state index contributed by atoms with van der Waals surface area (Å²) >= 11 is 6.34. The van der Waals surface area contributed by atoms with Crippen LogP contribution in [0.25, 0.3) is 0 Å². The van der Waals surface area contributed by atoms with Crippen LogP contribution in [0.3, 0.4) is 0 Å². The van der Waals surface area contributed by atoms with Gasteiger partial charge in [0.25, 0.3) is 0 Å². The molecule has 1 aliphatic carbocycles. The van der Waals surface area contributed by atoms with Crippen LogP contribution in [0.4, 0.5) is 0 Å². The second-order valence-corrected chi connectivity index (χ2v) is 7.74. The molecule has 0 unspecified atom stereocenters. The first kappa shape index (κ1) is 20.7. The fraction of sp³-hybridized carbons (Fsp3) is 0.579. The van der Waals surface area contributed by atoms with E-state index < -0.39 is 17.5 Å². The third kappa shape index (κ3) is 5.19. The number of carboxylic acid groups (broad SMARTS) is 1. The quantitative estimate of drug-likeness (QED) is 0.764. The molecule has 2 aliphatic rings. The molecule has 1 aromatic rings. The lowest BCUT2D eigenvalue weighted by molar-refractivity contribution is -0.159. The van der Waals surface area contributed by atoms with Crippen molar-refractivity contribution in [1.82, 2.24) is 9.80 Å². The van der Waals surface area contributed by atoms with Crippen molar-refractivity contribution >= 4 is 24.0 Å². The third-order valence-electron chi connectivity index (χ3n) is 4.91. The van der Waals surface area contributed by atoms with E-state index in [9.17, 15) is 14.7 Å². The largest absolute Gasteiger partial charge is 0.481 e. The van der Waals surface area contributed by atoms with E-state index in [0.717, 1.165) is 37.2 Å². The summed E-state index contributed by atoms with van der Waals surface area (Å²) in [6.45, 7) is 3.07. The maximum Gasteiger partial charge on any atom is 0.306 e. The van der Waals surface area contributed by atoms with E-state index in [1.54, 1.807) is 20.2 Å². The summed E-state index contributed by atoms with van der Waals surface area (Å²) < 4.78 is 0. The number of hydrogen-bond acceptors (Lipinski definition) is 4. The minimum Gasteiger partial charge on any atom is -0.481 e. The van der Waals surface area contributed by atoms with Gasteiger partial charge in [-0.2, -0.15) is 0 Å². The molecule has 7 heteroatoms. The van der Waals surface area contributed by atoms with Crippen molar-refractivity contribution in [2.24, 2.45) is 5.92 Å². The fourth-order valence-electron chi connectivity index (χ4n) is 3.31. The Morgan fingerprint density at radius 2 is 1.92 bits per heavy atom. The van der Waals surface area contributed by atoms with E-state index in [1.807, 2.05) is 12.1 Å². The van der Waals surface area contributed by atoms with Crippen LogP contribution >= 0.6 is 11.6 Å². The number of carbonyl (C=O) groups excluding carboxylic acids is 1. The molecular weight excluding hydrogens is 356 g/mol. The maximum absolute atomic E-state index is 10.9. The van der Waals surface area contributed by atoms with E-state index >= 15 is 0 Å². The second-order valence-electron chi connectivity index (χ2n) is 7.33. The molecule has 0 bridgehead atoms. The Morgan fingerprint density at radius 3 is 2.38 bits per heavy atom. The van der Waals surface area contributed by atoms with Gasteiger partial charge >= 0.3 is 5.97 Å². The lowest BCUT2D eigenvalue weighted by atomic mass is 9.67. The summed E-state index contributed by atoms with van der Waals surface area (Å²) in [7, 11) is 3.38. The molecule has 6 nitrogen and oxygen atoms in total. The van der Waals surface area contributed by atoms with Crippen molar-refractivity contribution < 1.29 is 19.8 Å². The standard InChI is InChI=1S/C16H20ClNO3.C3H7NO/c17-14-7-13(16(21)8-12(9-16)15(19)20)4-3-11(14)10-18-5-1-2-6-18;1-4(2)3-5/h3-4,7,12,21H,1-2,5-6,8-10H2,(H,19,20);3H,1-2H3. The Morgan fingerprint density at radius 1 is 1.35 bits per heavy atom. The van der Waals surface area contributed by atoms with Gasteiger partial charge in [0.2, 0.25) is 6.41 Å². The topological polar surface area (TPSA) is 81.1 Å². The third-order valence-corrected chi connectivity index (χ3v) is 5.26. The van der Waals surface area contributed by atoms with E-state index in [0.29, 0.717) is 5.02 Å². The molecule has 0 aromatic heterocycles. The summed E-state index contributed by atoms with van der Waals surface area (Å²) in [5.74, 6) is -1.28. The zero-order chi connectivity index (χ0) is 19.3. The highest BCUT2D eigenvalue weighted by Gasteiger charge is 2.47. The Labute approximate surface area is 159 Å². The summed E-state index contributed by atoms with van der Waals surface area (Å²) in [5.41, 5.74) is 0.772. The van der Waals surface area contributed by atoms with Gasteiger partial charge in [-0.05, 0) is 56.0 Å². The van der Waals surface area contributed by atoms with Gasteiger partial charge in [0.15, 0.2) is 0 Å². The first-order chi connectivity index (χ1) is 12.2. The van der Waals surface area contributed by atoms with Crippen LogP contribution in [-0.4, -0.2) is 59.6 Å². The number of carbonyl (C=O) groups is 2. The predicted octanol–water partition coefficient (Wildman–Crippen LogP) is 2.32. The molecule has 1 aromatic carbocycles. The number of benzene rings is 1. The minimum atomic E-state index is -1.03. The van der Waals surface area contributed by atoms with Crippen LogP contribution < -0.4 is 0 Å². The summed E-state index contributed by atoms with van der Waals surface area (Å²) in [5, 5.41) is 20.1. The number of amides is 1. The lowest BCUT2D eigenvalue weighted by Gasteiger charge is -2.42. The Hall–Kier alpha value is -1.63. The molecule has 1 aliphatic heterocycles. The van der Waals surface area contributed by atoms with E-state index in [1.165, 1.54) is 17.7 Å². The molecule has 0 spiro atoms. The average molecular weight is 383 g/mol. The molecule has 144 valence electrons. The van der Waals surface area contributed by atoms with Crippen molar-refractivity contribution in [1.29, 1.82) is 0 Å². The number of carboxylic acids is 1. The first-order valence-corrected chi connectivity index (χ1v) is 9.21. The van der Waals surface area contributed by atoms with Gasteiger partial charge in [-0.15, -0.1) is 0 Å². The first-order valence-electron chi connectivity index (χ1n) is 8.83. The van der Waals surface area contributed by atoms with Gasteiger partial charge in [0, 0.05) is 25.7 Å². The molecular formula is C19H27ClN2O4. The molecule has 26 heavy (non-hydrogen) atoms. The van der Waals surface area contributed by atoms with E-state index in [-0.39, 0.29) is 12.8 Å². The van der Waals surface area contributed by atoms with Crippen molar-refractivity contribution in [2.45, 2.75) is 37.8 Å². The number of hydrogen-bond donors (Lipinski definition) is 2.